The highest BCUT2D eigenvalue weighted by molar-refractivity contribution is 5.13. The minimum absolute atomic E-state index is 1.83. The van der Waals surface area contributed by atoms with E-state index in [9.17, 15) is 48.3 Å². The summed E-state index contributed by atoms with van der Waals surface area (Å²) in [4.78, 5) is 0. The molecule has 17 heavy (non-hydrogen) atoms. The van der Waals surface area contributed by atoms with E-state index in [4.69, 9.17) is 0 Å². The summed E-state index contributed by atoms with van der Waals surface area (Å²) in [7, 11) is 0. The Kier molecular flexibility index (Phi) is 3.77. The van der Waals surface area contributed by atoms with Crippen molar-refractivity contribution < 1.29 is 48.3 Å². The summed E-state index contributed by atoms with van der Waals surface area (Å²) in [6, 6.07) is 0. The van der Waals surface area contributed by atoms with Gasteiger partial charge in [0.25, 0.3) is 0 Å². The third kappa shape index (κ3) is 2.18. The number of halogens is 11. The van der Waals surface area contributed by atoms with E-state index < -0.39 is 36.1 Å². The van der Waals surface area contributed by atoms with Crippen LogP contribution in [0.5, 0.6) is 0 Å². The fraction of sp³-hybridized carbons (Fsp3) is 0.667. The zero-order valence-corrected chi connectivity index (χ0v) is 7.23. The summed E-state index contributed by atoms with van der Waals surface area (Å²) >= 11 is 0. The number of allylic oxidation sites excluding steroid dienone is 1. The second-order valence-corrected chi connectivity index (χ2v) is 2.68. The lowest BCUT2D eigenvalue weighted by Crippen LogP contribution is -2.61. The number of rotatable bonds is 3. The van der Waals surface area contributed by atoms with Crippen LogP contribution in [0, 0.1) is 0 Å². The van der Waals surface area contributed by atoms with E-state index >= 15 is 0 Å². The third-order valence-corrected chi connectivity index (χ3v) is 1.54. The van der Waals surface area contributed by atoms with Gasteiger partial charge in [0.05, 0.1) is 0 Å². The first-order valence-corrected chi connectivity index (χ1v) is 3.40. The third-order valence-electron chi connectivity index (χ3n) is 1.54. The lowest BCUT2D eigenvalue weighted by atomic mass is 10.0. The topological polar surface area (TPSA) is 0 Å². The van der Waals surface area contributed by atoms with Crippen LogP contribution in [-0.4, -0.2) is 23.9 Å². The first-order chi connectivity index (χ1) is 7.23. The van der Waals surface area contributed by atoms with Crippen LogP contribution in [0.25, 0.3) is 0 Å². The average Bonchev–Trinajstić information content (AvgIpc) is 2.13. The summed E-state index contributed by atoms with van der Waals surface area (Å²) in [5, 5.41) is 0. The molecule has 0 nitrogen and oxygen atoms in total. The maximum absolute atomic E-state index is 12.2. The van der Waals surface area contributed by atoms with Crippen LogP contribution in [0.2, 0.25) is 0 Å². The lowest BCUT2D eigenvalue weighted by Gasteiger charge is -2.32. The Hall–Kier alpha value is -1.03. The van der Waals surface area contributed by atoms with Crippen molar-refractivity contribution in [3.63, 3.8) is 0 Å². The van der Waals surface area contributed by atoms with Crippen molar-refractivity contribution >= 4 is 0 Å². The van der Waals surface area contributed by atoms with Gasteiger partial charge in [-0.15, -0.1) is 0 Å². The number of hydrogen-bond donors (Lipinski definition) is 0. The van der Waals surface area contributed by atoms with Crippen LogP contribution in [-0.2, 0) is 0 Å². The van der Waals surface area contributed by atoms with Crippen molar-refractivity contribution in [2.45, 2.75) is 23.9 Å². The van der Waals surface area contributed by atoms with Crippen LogP contribution >= 0.6 is 0 Å². The predicted molar refractivity (Wildman–Crippen MR) is 31.2 cm³/mol. The van der Waals surface area contributed by atoms with Gasteiger partial charge in [0, 0.05) is 0 Å². The van der Waals surface area contributed by atoms with Gasteiger partial charge < -0.3 is 0 Å². The molecule has 0 aliphatic carbocycles. The first-order valence-electron chi connectivity index (χ1n) is 3.40. The quantitative estimate of drug-likeness (QED) is 0.679. The van der Waals surface area contributed by atoms with Gasteiger partial charge in [0.2, 0.25) is 5.83 Å². The standard InChI is InChI=1S/C6HF11/c7-1-2(8)3(9,10)4(11,12)5(13,14)6(15,16)17/h1H. The highest BCUT2D eigenvalue weighted by Crippen LogP contribution is 2.55. The normalized spacial score (nSPS) is 16.3. The summed E-state index contributed by atoms with van der Waals surface area (Å²) in [6.45, 7) is 0. The molecule has 0 amide bonds. The van der Waals surface area contributed by atoms with Crippen LogP contribution in [0.4, 0.5) is 48.3 Å². The summed E-state index contributed by atoms with van der Waals surface area (Å²) < 4.78 is 130. The molecule has 0 heterocycles. The molecule has 0 aliphatic heterocycles. The van der Waals surface area contributed by atoms with Gasteiger partial charge in [-0.3, -0.25) is 0 Å². The fourth-order valence-corrected chi connectivity index (χ4v) is 0.594. The maximum atomic E-state index is 12.2. The monoisotopic (exact) mass is 282 g/mol. The van der Waals surface area contributed by atoms with Crippen molar-refractivity contribution in [2.24, 2.45) is 0 Å². The van der Waals surface area contributed by atoms with Gasteiger partial charge in [-0.1, -0.05) is 0 Å². The molecule has 0 fully saturated rings. The van der Waals surface area contributed by atoms with Crippen molar-refractivity contribution in [3.05, 3.63) is 12.2 Å². The summed E-state index contributed by atoms with van der Waals surface area (Å²) in [6.07, 6.45) is -8.89. The van der Waals surface area contributed by atoms with E-state index in [1.54, 1.807) is 0 Å². The maximum Gasteiger partial charge on any atom is 0.460 e. The Labute approximate surface area is 85.7 Å². The molecule has 0 aromatic rings. The van der Waals surface area contributed by atoms with Gasteiger partial charge in [-0.25, -0.2) is 8.78 Å². The van der Waals surface area contributed by atoms with E-state index in [1.165, 1.54) is 0 Å². The van der Waals surface area contributed by atoms with E-state index in [2.05, 4.69) is 0 Å². The first kappa shape index (κ1) is 16.0. The second kappa shape index (κ2) is 4.02. The molecule has 0 radical (unpaired) electrons. The molecule has 0 rings (SSSR count). The Morgan fingerprint density at radius 2 is 1.06 bits per heavy atom. The molecule has 0 aromatic heterocycles. The predicted octanol–water partition coefficient (Wildman–Crippen LogP) is 4.24. The van der Waals surface area contributed by atoms with Crippen molar-refractivity contribution in [2.75, 3.05) is 0 Å². The highest BCUT2D eigenvalue weighted by Gasteiger charge is 2.83. The highest BCUT2D eigenvalue weighted by atomic mass is 19.4. The van der Waals surface area contributed by atoms with E-state index in [0.717, 1.165) is 0 Å². The minimum Gasteiger partial charge on any atom is -0.212 e. The van der Waals surface area contributed by atoms with Gasteiger partial charge in [-0.2, -0.15) is 39.5 Å². The van der Waals surface area contributed by atoms with Crippen LogP contribution in [0.15, 0.2) is 12.2 Å². The molecule has 0 saturated heterocycles. The second-order valence-electron chi connectivity index (χ2n) is 2.68. The van der Waals surface area contributed by atoms with Gasteiger partial charge >= 0.3 is 23.9 Å². The SMILES string of the molecule is FC=C(F)C(F)(F)C(F)(F)C(F)(F)C(F)(F)F. The molecule has 0 spiro atoms. The smallest absolute Gasteiger partial charge is 0.212 e. The summed E-state index contributed by atoms with van der Waals surface area (Å²) in [5.74, 6) is -24.8. The molecule has 11 heteroatoms. The zero-order valence-electron chi connectivity index (χ0n) is 7.23. The van der Waals surface area contributed by atoms with Gasteiger partial charge in [0.15, 0.2) is 0 Å². The lowest BCUT2D eigenvalue weighted by molar-refractivity contribution is -0.391. The van der Waals surface area contributed by atoms with Crippen molar-refractivity contribution in [1.82, 2.24) is 0 Å². The molecule has 0 atom stereocenters. The van der Waals surface area contributed by atoms with Gasteiger partial charge in [-0.05, 0) is 0 Å². The Morgan fingerprint density at radius 1 is 0.706 bits per heavy atom. The largest absolute Gasteiger partial charge is 0.460 e. The van der Waals surface area contributed by atoms with Crippen LogP contribution in [0.3, 0.4) is 0 Å². The molecule has 0 aliphatic rings. The Balaban J connectivity index is 5.72. The molecule has 102 valence electrons. The van der Waals surface area contributed by atoms with Crippen LogP contribution in [0.1, 0.15) is 0 Å². The minimum atomic E-state index is -7.23. The van der Waals surface area contributed by atoms with Gasteiger partial charge in [0.1, 0.15) is 6.33 Å². The van der Waals surface area contributed by atoms with Crippen molar-refractivity contribution in [1.29, 1.82) is 0 Å². The molecular formula is C6HF11. The molecule has 0 bridgehead atoms. The Morgan fingerprint density at radius 3 is 1.29 bits per heavy atom. The molecule has 0 unspecified atom stereocenters. The van der Waals surface area contributed by atoms with E-state index in [1.807, 2.05) is 0 Å². The number of hydrogen-bond acceptors (Lipinski definition) is 0. The molecular weight excluding hydrogens is 281 g/mol. The van der Waals surface area contributed by atoms with E-state index in [0.29, 0.717) is 0 Å². The molecule has 0 aromatic carbocycles. The average molecular weight is 282 g/mol. The van der Waals surface area contributed by atoms with Crippen LogP contribution < -0.4 is 0 Å². The molecule has 0 saturated carbocycles. The number of alkyl halides is 9. The van der Waals surface area contributed by atoms with E-state index in [-0.39, 0.29) is 0 Å². The zero-order chi connectivity index (χ0) is 14.3. The Bertz CT molecular complexity index is 308. The summed E-state index contributed by atoms with van der Waals surface area (Å²) in [5.41, 5.74) is 0. The fourth-order valence-electron chi connectivity index (χ4n) is 0.594. The molecule has 0 N–H and O–H groups in total. The van der Waals surface area contributed by atoms with Crippen molar-refractivity contribution in [3.8, 4) is 0 Å².